The number of hydrogen-bond acceptors (Lipinski definition) is 3. The fourth-order valence-electron chi connectivity index (χ4n) is 2.63. The normalized spacial score (nSPS) is 27.7. The predicted octanol–water partition coefficient (Wildman–Crippen LogP) is 2.51. The Morgan fingerprint density at radius 2 is 2.06 bits per heavy atom. The molecule has 1 saturated heterocycles. The van der Waals surface area contributed by atoms with Crippen molar-refractivity contribution in [1.82, 2.24) is 10.2 Å². The van der Waals surface area contributed by atoms with Crippen molar-refractivity contribution in [2.75, 3.05) is 26.2 Å². The van der Waals surface area contributed by atoms with Crippen molar-refractivity contribution in [1.29, 1.82) is 0 Å². The summed E-state index contributed by atoms with van der Waals surface area (Å²) < 4.78 is 5.76. The molecule has 3 unspecified atom stereocenters. The van der Waals surface area contributed by atoms with Gasteiger partial charge in [-0.05, 0) is 45.7 Å². The zero-order chi connectivity index (χ0) is 13.5. The highest BCUT2D eigenvalue weighted by Gasteiger charge is 2.28. The van der Waals surface area contributed by atoms with Crippen LogP contribution in [0.3, 0.4) is 0 Å². The van der Waals surface area contributed by atoms with Gasteiger partial charge in [0.05, 0.1) is 12.7 Å². The Bertz CT molecular complexity index is 221. The van der Waals surface area contributed by atoms with Gasteiger partial charge in [-0.25, -0.2) is 0 Å². The van der Waals surface area contributed by atoms with Gasteiger partial charge in [0.25, 0.3) is 0 Å². The van der Waals surface area contributed by atoms with Gasteiger partial charge in [-0.1, -0.05) is 20.8 Å². The Kier molecular flexibility index (Phi) is 7.20. The smallest absolute Gasteiger partial charge is 0.0674 e. The van der Waals surface area contributed by atoms with Crippen molar-refractivity contribution < 1.29 is 4.74 Å². The van der Waals surface area contributed by atoms with Crippen LogP contribution in [0.15, 0.2) is 0 Å². The summed E-state index contributed by atoms with van der Waals surface area (Å²) in [4.78, 5) is 2.64. The molecule has 0 saturated carbocycles. The van der Waals surface area contributed by atoms with E-state index >= 15 is 0 Å². The molecule has 0 aromatic heterocycles. The monoisotopic (exact) mass is 256 g/mol. The molecule has 0 aromatic rings. The van der Waals surface area contributed by atoms with E-state index < -0.39 is 0 Å². The molecule has 1 aliphatic rings. The third-order valence-corrected chi connectivity index (χ3v) is 3.84. The zero-order valence-corrected chi connectivity index (χ0v) is 12.9. The van der Waals surface area contributed by atoms with Crippen molar-refractivity contribution in [3.05, 3.63) is 0 Å². The molecule has 1 fully saturated rings. The maximum absolute atomic E-state index is 5.76. The van der Waals surface area contributed by atoms with E-state index in [0.717, 1.165) is 32.2 Å². The Labute approximate surface area is 113 Å². The molecule has 1 heterocycles. The summed E-state index contributed by atoms with van der Waals surface area (Å²) >= 11 is 0. The van der Waals surface area contributed by atoms with Crippen LogP contribution in [-0.4, -0.2) is 49.3 Å². The molecular weight excluding hydrogens is 224 g/mol. The lowest BCUT2D eigenvalue weighted by molar-refractivity contribution is -0.0707. The highest BCUT2D eigenvalue weighted by Crippen LogP contribution is 2.18. The first kappa shape index (κ1) is 15.9. The zero-order valence-electron chi connectivity index (χ0n) is 12.9. The molecule has 0 aliphatic carbocycles. The van der Waals surface area contributed by atoms with Crippen LogP contribution in [0.4, 0.5) is 0 Å². The molecule has 3 nitrogen and oxygen atoms in total. The minimum absolute atomic E-state index is 0.388. The molecular formula is C15H32N2O. The number of morpholine rings is 1. The Morgan fingerprint density at radius 3 is 2.67 bits per heavy atom. The average Bonchev–Trinajstić information content (AvgIpc) is 2.34. The van der Waals surface area contributed by atoms with Gasteiger partial charge in [-0.15, -0.1) is 0 Å². The van der Waals surface area contributed by atoms with E-state index in [9.17, 15) is 0 Å². The second-order valence-corrected chi connectivity index (χ2v) is 6.14. The van der Waals surface area contributed by atoms with Crippen LogP contribution in [0.1, 0.15) is 47.5 Å². The minimum atomic E-state index is 0.388. The number of hydrogen-bond donors (Lipinski definition) is 1. The summed E-state index contributed by atoms with van der Waals surface area (Å²) in [5.41, 5.74) is 0. The Morgan fingerprint density at radius 1 is 1.33 bits per heavy atom. The predicted molar refractivity (Wildman–Crippen MR) is 78.0 cm³/mol. The first-order valence-electron chi connectivity index (χ1n) is 7.62. The Balaban J connectivity index is 2.31. The lowest BCUT2D eigenvalue weighted by Crippen LogP contribution is -2.52. The van der Waals surface area contributed by atoms with Gasteiger partial charge in [0, 0.05) is 18.6 Å². The summed E-state index contributed by atoms with van der Waals surface area (Å²) in [6, 6.07) is 1.27. The van der Waals surface area contributed by atoms with Gasteiger partial charge < -0.3 is 10.1 Å². The second-order valence-electron chi connectivity index (χ2n) is 6.14. The molecule has 18 heavy (non-hydrogen) atoms. The van der Waals surface area contributed by atoms with E-state index in [1.807, 2.05) is 0 Å². The quantitative estimate of drug-likeness (QED) is 0.708. The molecule has 1 rings (SSSR count). The molecule has 0 bridgehead atoms. The minimum Gasteiger partial charge on any atom is -0.376 e. The van der Waals surface area contributed by atoms with Gasteiger partial charge in [0.15, 0.2) is 0 Å². The molecule has 0 spiro atoms. The van der Waals surface area contributed by atoms with Crippen LogP contribution >= 0.6 is 0 Å². The van der Waals surface area contributed by atoms with Crippen LogP contribution in [-0.2, 0) is 4.74 Å². The fraction of sp³-hybridized carbons (Fsp3) is 1.00. The maximum atomic E-state index is 5.76. The van der Waals surface area contributed by atoms with E-state index in [4.69, 9.17) is 4.74 Å². The molecule has 3 atom stereocenters. The Hall–Kier alpha value is -0.120. The van der Waals surface area contributed by atoms with Crippen LogP contribution in [0.2, 0.25) is 0 Å². The summed E-state index contributed by atoms with van der Waals surface area (Å²) in [7, 11) is 0. The van der Waals surface area contributed by atoms with Crippen molar-refractivity contribution >= 4 is 0 Å². The summed E-state index contributed by atoms with van der Waals surface area (Å²) in [6.45, 7) is 15.6. The SMILES string of the molecule is CCC1COC(C)CN1C(C)CCNCC(C)C. The first-order valence-corrected chi connectivity index (χ1v) is 7.62. The topological polar surface area (TPSA) is 24.5 Å². The third kappa shape index (κ3) is 5.25. The summed E-state index contributed by atoms with van der Waals surface area (Å²) in [5.74, 6) is 0.743. The standard InChI is InChI=1S/C15H32N2O/c1-6-15-11-18-14(5)10-17(15)13(4)7-8-16-9-12(2)3/h12-16H,6-11H2,1-5H3. The van der Waals surface area contributed by atoms with Crippen LogP contribution in [0.25, 0.3) is 0 Å². The average molecular weight is 256 g/mol. The molecule has 0 aromatic carbocycles. The van der Waals surface area contributed by atoms with Crippen LogP contribution < -0.4 is 5.32 Å². The van der Waals surface area contributed by atoms with Crippen molar-refractivity contribution in [3.63, 3.8) is 0 Å². The molecule has 0 radical (unpaired) electrons. The lowest BCUT2D eigenvalue weighted by atomic mass is 10.1. The van der Waals surface area contributed by atoms with E-state index in [0.29, 0.717) is 18.2 Å². The molecule has 1 N–H and O–H groups in total. The second kappa shape index (κ2) is 8.13. The van der Waals surface area contributed by atoms with Gasteiger partial charge >= 0.3 is 0 Å². The van der Waals surface area contributed by atoms with Crippen LogP contribution in [0, 0.1) is 5.92 Å². The third-order valence-electron chi connectivity index (χ3n) is 3.84. The summed E-state index contributed by atoms with van der Waals surface area (Å²) in [6.07, 6.45) is 2.81. The first-order chi connectivity index (χ1) is 8.54. The van der Waals surface area contributed by atoms with Crippen molar-refractivity contribution in [2.24, 2.45) is 5.92 Å². The van der Waals surface area contributed by atoms with Gasteiger partial charge in [-0.2, -0.15) is 0 Å². The molecule has 0 amide bonds. The highest BCUT2D eigenvalue weighted by atomic mass is 16.5. The molecule has 1 aliphatic heterocycles. The number of nitrogens with one attached hydrogen (secondary N) is 1. The van der Waals surface area contributed by atoms with E-state index in [-0.39, 0.29) is 0 Å². The van der Waals surface area contributed by atoms with Crippen LogP contribution in [0.5, 0.6) is 0 Å². The van der Waals surface area contributed by atoms with Crippen molar-refractivity contribution in [2.45, 2.75) is 65.6 Å². The fourth-order valence-corrected chi connectivity index (χ4v) is 2.63. The molecule has 108 valence electrons. The highest BCUT2D eigenvalue weighted by molar-refractivity contribution is 4.82. The van der Waals surface area contributed by atoms with Crippen molar-refractivity contribution in [3.8, 4) is 0 Å². The van der Waals surface area contributed by atoms with Gasteiger partial charge in [0.1, 0.15) is 0 Å². The van der Waals surface area contributed by atoms with Gasteiger partial charge in [-0.3, -0.25) is 4.90 Å². The molecule has 3 heteroatoms. The van der Waals surface area contributed by atoms with E-state index in [2.05, 4.69) is 44.8 Å². The van der Waals surface area contributed by atoms with Gasteiger partial charge in [0.2, 0.25) is 0 Å². The largest absolute Gasteiger partial charge is 0.376 e. The maximum Gasteiger partial charge on any atom is 0.0674 e. The number of rotatable bonds is 7. The number of nitrogens with zero attached hydrogens (tertiary/aromatic N) is 1. The lowest BCUT2D eigenvalue weighted by Gasteiger charge is -2.42. The number of ether oxygens (including phenoxy) is 1. The van der Waals surface area contributed by atoms with E-state index in [1.54, 1.807) is 0 Å². The van der Waals surface area contributed by atoms with E-state index in [1.165, 1.54) is 12.8 Å². The summed E-state index contributed by atoms with van der Waals surface area (Å²) in [5, 5.41) is 3.54.